The summed E-state index contributed by atoms with van der Waals surface area (Å²) in [4.78, 5) is 75.3. The molecule has 0 radical (unpaired) electrons. The summed E-state index contributed by atoms with van der Waals surface area (Å²) < 4.78 is 8.60. The van der Waals surface area contributed by atoms with Gasteiger partial charge in [-0.3, -0.25) is 24.2 Å². The third kappa shape index (κ3) is 13.2. The molecule has 0 fully saturated rings. The number of carbonyl (C=O) groups is 3. The number of nitrogens with two attached hydrogens (primary N) is 2. The highest BCUT2D eigenvalue weighted by Crippen LogP contribution is 2.32. The number of H-pyrrole nitrogens is 1. The molecule has 1 unspecified atom stereocenters. The SMILES string of the molecule is BC(C)(CCC(=O)NCC(C)(C)Cn1c(CCCC)nc2c(N)nc3ccccc3c21)OCC(C)(C)CNC(=O)CCCNC(=O)c1ccc(NCc2cnc3nc(N)[nH]c(=O)c3n2)cc1. The predicted octanol–water partition coefficient (Wildman–Crippen LogP) is 4.37. The number of para-hydroxylation sites is 1. The first-order chi connectivity index (χ1) is 31.3. The highest BCUT2D eigenvalue weighted by Gasteiger charge is 2.28. The van der Waals surface area contributed by atoms with Crippen LogP contribution in [0.3, 0.4) is 0 Å². The van der Waals surface area contributed by atoms with Crippen molar-refractivity contribution in [3.63, 3.8) is 0 Å². The second-order valence-corrected chi connectivity index (χ2v) is 19.1. The molecule has 3 amide bonds. The summed E-state index contributed by atoms with van der Waals surface area (Å²) in [5.74, 6) is 0.986. The quantitative estimate of drug-likeness (QED) is 0.0349. The zero-order valence-electron chi connectivity index (χ0n) is 39.3. The minimum atomic E-state index is -0.563. The monoisotopic (exact) mass is 902 g/mol. The summed E-state index contributed by atoms with van der Waals surface area (Å²) in [6, 6.07) is 14.9. The Bertz CT molecular complexity index is 2730. The van der Waals surface area contributed by atoms with Crippen molar-refractivity contribution in [1.29, 1.82) is 0 Å². The van der Waals surface area contributed by atoms with E-state index in [0.29, 0.717) is 75.7 Å². The Labute approximate surface area is 385 Å². The number of nitrogen functional groups attached to an aromatic ring is 2. The van der Waals surface area contributed by atoms with Gasteiger partial charge in [-0.05, 0) is 56.5 Å². The van der Waals surface area contributed by atoms with Gasteiger partial charge < -0.3 is 42.0 Å². The lowest BCUT2D eigenvalue weighted by Gasteiger charge is -2.32. The normalized spacial score (nSPS) is 12.9. The van der Waals surface area contributed by atoms with Crippen LogP contribution >= 0.6 is 0 Å². The van der Waals surface area contributed by atoms with E-state index >= 15 is 0 Å². The molecular formula is C47H64BN13O5. The summed E-state index contributed by atoms with van der Waals surface area (Å²) in [5, 5.41) is 13.3. The third-order valence-corrected chi connectivity index (χ3v) is 11.3. The second kappa shape index (κ2) is 21.1. The number of benzene rings is 2. The van der Waals surface area contributed by atoms with Gasteiger partial charge in [-0.2, -0.15) is 4.98 Å². The maximum atomic E-state index is 13.2. The van der Waals surface area contributed by atoms with Crippen LogP contribution in [0.4, 0.5) is 17.5 Å². The van der Waals surface area contributed by atoms with Crippen molar-refractivity contribution in [2.24, 2.45) is 10.8 Å². The molecule has 0 aliphatic carbocycles. The predicted molar refractivity (Wildman–Crippen MR) is 261 cm³/mol. The number of aromatic amines is 1. The molecule has 0 saturated heterocycles. The number of anilines is 3. The van der Waals surface area contributed by atoms with Crippen molar-refractivity contribution in [2.75, 3.05) is 43.0 Å². The number of unbranched alkanes of at least 4 members (excludes halogenated alkanes) is 1. The van der Waals surface area contributed by atoms with Crippen LogP contribution < -0.4 is 38.3 Å². The van der Waals surface area contributed by atoms with Gasteiger partial charge >= 0.3 is 0 Å². The molecule has 6 rings (SSSR count). The number of hydrogen-bond acceptors (Lipinski definition) is 13. The molecule has 6 aromatic rings. The number of amides is 3. The first-order valence-corrected chi connectivity index (χ1v) is 22.7. The largest absolute Gasteiger partial charge is 0.384 e. The van der Waals surface area contributed by atoms with Crippen LogP contribution in [0.5, 0.6) is 0 Å². The van der Waals surface area contributed by atoms with Gasteiger partial charge in [-0.15, -0.1) is 0 Å². The number of hydrogen-bond donors (Lipinski definition) is 7. The molecule has 1 atom stereocenters. The van der Waals surface area contributed by atoms with E-state index in [2.05, 4.69) is 77.6 Å². The molecule has 4 heterocycles. The molecule has 9 N–H and O–H groups in total. The average molecular weight is 902 g/mol. The van der Waals surface area contributed by atoms with Crippen molar-refractivity contribution in [2.45, 2.75) is 105 Å². The molecule has 350 valence electrons. The van der Waals surface area contributed by atoms with Gasteiger partial charge in [-0.25, -0.2) is 19.9 Å². The Morgan fingerprint density at radius 2 is 1.56 bits per heavy atom. The Hall–Kier alpha value is -6.63. The lowest BCUT2D eigenvalue weighted by Crippen LogP contribution is -2.41. The number of nitrogens with zero attached hydrogens (tertiary/aromatic N) is 6. The third-order valence-electron chi connectivity index (χ3n) is 11.3. The van der Waals surface area contributed by atoms with Crippen molar-refractivity contribution in [3.05, 3.63) is 82.2 Å². The summed E-state index contributed by atoms with van der Waals surface area (Å²) in [6.07, 6.45) is 5.97. The first kappa shape index (κ1) is 48.8. The van der Waals surface area contributed by atoms with Crippen LogP contribution in [0.25, 0.3) is 33.1 Å². The molecule has 0 aliphatic rings. The Morgan fingerprint density at radius 3 is 2.30 bits per heavy atom. The van der Waals surface area contributed by atoms with E-state index in [-0.39, 0.29) is 52.1 Å². The van der Waals surface area contributed by atoms with Gasteiger partial charge in [0.2, 0.25) is 17.8 Å². The molecule has 0 spiro atoms. The number of imidazole rings is 1. The summed E-state index contributed by atoms with van der Waals surface area (Å²) >= 11 is 0. The highest BCUT2D eigenvalue weighted by molar-refractivity contribution is 6.14. The zero-order valence-corrected chi connectivity index (χ0v) is 39.3. The van der Waals surface area contributed by atoms with E-state index in [4.69, 9.17) is 21.2 Å². The molecule has 0 saturated carbocycles. The number of ether oxygens (including phenoxy) is 1. The van der Waals surface area contributed by atoms with Crippen molar-refractivity contribution in [3.8, 4) is 0 Å². The lowest BCUT2D eigenvalue weighted by atomic mass is 9.79. The van der Waals surface area contributed by atoms with E-state index in [0.717, 1.165) is 52.7 Å². The van der Waals surface area contributed by atoms with E-state index in [9.17, 15) is 19.2 Å². The topological polar surface area (TPSA) is 263 Å². The number of rotatable bonds is 23. The molecule has 18 nitrogen and oxygen atoms in total. The zero-order chi connectivity index (χ0) is 47.6. The van der Waals surface area contributed by atoms with Gasteiger partial charge in [-0.1, -0.05) is 59.2 Å². The van der Waals surface area contributed by atoms with Crippen LogP contribution in [-0.2, 0) is 33.8 Å². The summed E-state index contributed by atoms with van der Waals surface area (Å²) in [6.45, 7) is 15.1. The van der Waals surface area contributed by atoms with E-state index in [1.165, 1.54) is 6.20 Å². The fraction of sp³-hybridized carbons (Fsp3) is 0.468. The molecule has 66 heavy (non-hydrogen) atoms. The number of aryl methyl sites for hydroxylation is 1. The summed E-state index contributed by atoms with van der Waals surface area (Å²) in [7, 11) is 1.98. The molecular weight excluding hydrogens is 837 g/mol. The van der Waals surface area contributed by atoms with Crippen molar-refractivity contribution >= 4 is 76.1 Å². The van der Waals surface area contributed by atoms with Crippen LogP contribution in [0.2, 0.25) is 0 Å². The Balaban J connectivity index is 0.870. The fourth-order valence-electron chi connectivity index (χ4n) is 7.41. The lowest BCUT2D eigenvalue weighted by molar-refractivity contribution is -0.124. The van der Waals surface area contributed by atoms with Gasteiger partial charge in [0.15, 0.2) is 17.0 Å². The number of aromatic nitrogens is 7. The van der Waals surface area contributed by atoms with E-state index in [1.54, 1.807) is 24.3 Å². The molecule has 2 aromatic carbocycles. The van der Waals surface area contributed by atoms with Crippen LogP contribution in [0.1, 0.15) is 102 Å². The minimum Gasteiger partial charge on any atom is -0.384 e. The second-order valence-electron chi connectivity index (χ2n) is 19.1. The maximum Gasteiger partial charge on any atom is 0.280 e. The molecule has 0 bridgehead atoms. The fourth-order valence-corrected chi connectivity index (χ4v) is 7.41. The minimum absolute atomic E-state index is 0.0259. The standard InChI is InChI=1S/C47H64BN13O5/c1-7-8-14-34-58-37-39(32-12-9-10-13-33(32)57-40(37)49)61(34)27-45(2,3)25-54-36(63)20-21-47(6,48)66-28-46(4,5)26-55-35(62)15-11-22-51-42(64)29-16-18-30(19-17-29)52-23-31-24-53-41-38(56-31)43(65)60-44(50)59-41/h9-10,12-13,16-19,24,52H,7-8,11,14-15,20-23,25-28,48H2,1-6H3,(H2,49,57)(H,51,64)(H,54,63)(H,55,62)(H3,50,53,59,60,65). The van der Waals surface area contributed by atoms with Gasteiger partial charge in [0.25, 0.3) is 11.5 Å². The highest BCUT2D eigenvalue weighted by atomic mass is 16.5. The summed E-state index contributed by atoms with van der Waals surface area (Å²) in [5.41, 5.74) is 14.9. The first-order valence-electron chi connectivity index (χ1n) is 22.7. The molecule has 0 aliphatic heterocycles. The van der Waals surface area contributed by atoms with Crippen LogP contribution in [0.15, 0.2) is 59.5 Å². The Kier molecular flexibility index (Phi) is 15.6. The number of pyridine rings is 1. The molecule has 19 heteroatoms. The number of nitrogens with one attached hydrogen (secondary N) is 5. The van der Waals surface area contributed by atoms with Crippen LogP contribution in [-0.4, -0.2) is 91.8 Å². The van der Waals surface area contributed by atoms with Crippen molar-refractivity contribution < 1.29 is 19.1 Å². The van der Waals surface area contributed by atoms with Gasteiger partial charge in [0.1, 0.15) is 19.2 Å². The average Bonchev–Trinajstić information content (AvgIpc) is 3.64. The smallest absolute Gasteiger partial charge is 0.280 e. The van der Waals surface area contributed by atoms with Crippen LogP contribution in [0, 0.1) is 10.8 Å². The molecule has 4 aromatic heterocycles. The van der Waals surface area contributed by atoms with Gasteiger partial charge in [0.05, 0.1) is 36.1 Å². The van der Waals surface area contributed by atoms with E-state index in [1.807, 2.05) is 46.8 Å². The van der Waals surface area contributed by atoms with Gasteiger partial charge in [0, 0.05) is 78.4 Å². The van der Waals surface area contributed by atoms with Crippen molar-refractivity contribution in [1.82, 2.24) is 50.4 Å². The number of carbonyl (C=O) groups excluding carboxylic acids is 3. The Morgan fingerprint density at radius 1 is 0.848 bits per heavy atom. The maximum absolute atomic E-state index is 13.2. The number of fused-ring (bicyclic) bond motifs is 4. The van der Waals surface area contributed by atoms with E-state index < -0.39 is 11.1 Å².